The Kier molecular flexibility index (Phi) is 3.87. The third-order valence-corrected chi connectivity index (χ3v) is 2.91. The third kappa shape index (κ3) is 2.87. The van der Waals surface area contributed by atoms with Gasteiger partial charge in [-0.05, 0) is 30.7 Å². The molecule has 0 amide bonds. The van der Waals surface area contributed by atoms with Gasteiger partial charge >= 0.3 is 5.69 Å². The van der Waals surface area contributed by atoms with Crippen LogP contribution < -0.4 is 4.74 Å². The molecule has 0 unspecified atom stereocenters. The summed E-state index contributed by atoms with van der Waals surface area (Å²) in [4.78, 5) is 10.5. The molecule has 20 heavy (non-hydrogen) atoms. The lowest BCUT2D eigenvalue weighted by atomic mass is 10.2. The fourth-order valence-corrected chi connectivity index (χ4v) is 1.85. The van der Waals surface area contributed by atoms with E-state index in [4.69, 9.17) is 21.6 Å². The molecule has 0 fully saturated rings. The van der Waals surface area contributed by atoms with Crippen molar-refractivity contribution in [2.24, 2.45) is 0 Å². The number of nitro benzene ring substituents is 1. The van der Waals surface area contributed by atoms with Crippen molar-refractivity contribution in [3.05, 3.63) is 62.7 Å². The van der Waals surface area contributed by atoms with Crippen LogP contribution in [0.5, 0.6) is 11.5 Å². The molecule has 0 aliphatic rings. The van der Waals surface area contributed by atoms with Crippen LogP contribution in [-0.4, -0.2) is 4.92 Å². The first kappa shape index (κ1) is 13.8. The minimum Gasteiger partial charge on any atom is -0.450 e. The van der Waals surface area contributed by atoms with E-state index in [1.807, 2.05) is 6.07 Å². The molecule has 0 bridgehead atoms. The second-order valence-corrected chi connectivity index (χ2v) is 4.49. The average molecular weight is 289 g/mol. The Balaban J connectivity index is 2.38. The quantitative estimate of drug-likeness (QED) is 0.626. The van der Waals surface area contributed by atoms with Crippen molar-refractivity contribution in [2.75, 3.05) is 0 Å². The maximum atomic E-state index is 11.0. The Hall–Kier alpha value is -2.58. The Morgan fingerprint density at radius 1 is 1.30 bits per heavy atom. The molecule has 6 heteroatoms. The average Bonchev–Trinajstić information content (AvgIpc) is 2.41. The summed E-state index contributed by atoms with van der Waals surface area (Å²) in [5.41, 5.74) is 0.963. The molecular formula is C14H9ClN2O3. The number of nitro groups is 1. The summed E-state index contributed by atoms with van der Waals surface area (Å²) in [5.74, 6) is 0.460. The van der Waals surface area contributed by atoms with Crippen molar-refractivity contribution in [3.8, 4) is 17.6 Å². The number of nitriles is 1. The van der Waals surface area contributed by atoms with Crippen LogP contribution in [0.1, 0.15) is 11.1 Å². The van der Waals surface area contributed by atoms with Crippen LogP contribution in [0.2, 0.25) is 5.02 Å². The molecule has 0 N–H and O–H groups in total. The highest BCUT2D eigenvalue weighted by Gasteiger charge is 2.16. The highest BCUT2D eigenvalue weighted by Crippen LogP contribution is 2.33. The predicted octanol–water partition coefficient (Wildman–Crippen LogP) is 4.22. The van der Waals surface area contributed by atoms with E-state index < -0.39 is 4.92 Å². The highest BCUT2D eigenvalue weighted by molar-refractivity contribution is 6.31. The molecule has 0 saturated carbocycles. The summed E-state index contributed by atoms with van der Waals surface area (Å²) in [6.07, 6.45) is 0. The Morgan fingerprint density at radius 3 is 2.65 bits per heavy atom. The summed E-state index contributed by atoms with van der Waals surface area (Å²) in [6.45, 7) is 1.76. The van der Waals surface area contributed by atoms with Crippen LogP contribution in [0, 0.1) is 28.4 Å². The number of hydrogen-bond donors (Lipinski definition) is 0. The summed E-state index contributed by atoms with van der Waals surface area (Å²) >= 11 is 5.89. The molecule has 0 aromatic heterocycles. The van der Waals surface area contributed by atoms with E-state index in [-0.39, 0.29) is 16.5 Å². The smallest absolute Gasteiger partial charge is 0.311 e. The van der Waals surface area contributed by atoms with Gasteiger partial charge in [0.15, 0.2) is 0 Å². The molecular weight excluding hydrogens is 280 g/mol. The summed E-state index contributed by atoms with van der Waals surface area (Å²) in [6, 6.07) is 11.1. The van der Waals surface area contributed by atoms with Crippen LogP contribution in [0.3, 0.4) is 0 Å². The van der Waals surface area contributed by atoms with Crippen LogP contribution in [0.25, 0.3) is 0 Å². The lowest BCUT2D eigenvalue weighted by Gasteiger charge is -2.07. The van der Waals surface area contributed by atoms with Crippen LogP contribution in [-0.2, 0) is 0 Å². The standard InChI is InChI=1S/C14H9ClN2O3/c1-9-2-5-14(13(6-9)17(18)19)20-11-4-3-10(8-16)12(15)7-11/h2-7H,1H3. The third-order valence-electron chi connectivity index (χ3n) is 2.60. The molecule has 5 nitrogen and oxygen atoms in total. The Labute approximate surface area is 120 Å². The van der Waals surface area contributed by atoms with E-state index in [0.29, 0.717) is 11.3 Å². The summed E-state index contributed by atoms with van der Waals surface area (Å²) in [7, 11) is 0. The Morgan fingerprint density at radius 2 is 2.05 bits per heavy atom. The van der Waals surface area contributed by atoms with E-state index in [0.717, 1.165) is 5.56 Å². The lowest BCUT2D eigenvalue weighted by Crippen LogP contribution is -1.94. The van der Waals surface area contributed by atoms with Crippen molar-refractivity contribution in [1.82, 2.24) is 0 Å². The first-order valence-corrected chi connectivity index (χ1v) is 6.01. The number of halogens is 1. The monoisotopic (exact) mass is 288 g/mol. The predicted molar refractivity (Wildman–Crippen MR) is 74.1 cm³/mol. The zero-order valence-electron chi connectivity index (χ0n) is 10.5. The van der Waals surface area contributed by atoms with Gasteiger partial charge in [0.1, 0.15) is 11.8 Å². The molecule has 0 aliphatic carbocycles. The largest absolute Gasteiger partial charge is 0.450 e. The molecule has 0 saturated heterocycles. The first-order valence-electron chi connectivity index (χ1n) is 5.64. The maximum Gasteiger partial charge on any atom is 0.311 e. The number of aryl methyl sites for hydroxylation is 1. The van der Waals surface area contributed by atoms with Gasteiger partial charge in [-0.15, -0.1) is 0 Å². The molecule has 2 aromatic carbocycles. The van der Waals surface area contributed by atoms with Crippen LogP contribution in [0.4, 0.5) is 5.69 Å². The number of rotatable bonds is 3. The van der Waals surface area contributed by atoms with Gasteiger partial charge in [-0.1, -0.05) is 17.7 Å². The maximum absolute atomic E-state index is 11.0. The molecule has 0 radical (unpaired) electrons. The fraction of sp³-hybridized carbons (Fsp3) is 0.0714. The molecule has 0 heterocycles. The van der Waals surface area contributed by atoms with Gasteiger partial charge in [0.25, 0.3) is 0 Å². The first-order chi connectivity index (χ1) is 9.51. The second-order valence-electron chi connectivity index (χ2n) is 4.08. The fourth-order valence-electron chi connectivity index (χ4n) is 1.63. The van der Waals surface area contributed by atoms with Crippen LogP contribution >= 0.6 is 11.6 Å². The number of ether oxygens (including phenoxy) is 1. The minimum atomic E-state index is -0.506. The van der Waals surface area contributed by atoms with Gasteiger partial charge < -0.3 is 4.74 Å². The van der Waals surface area contributed by atoms with Gasteiger partial charge in [0.05, 0.1) is 15.5 Å². The van der Waals surface area contributed by atoms with Gasteiger partial charge in [0.2, 0.25) is 5.75 Å². The van der Waals surface area contributed by atoms with E-state index in [1.54, 1.807) is 13.0 Å². The van der Waals surface area contributed by atoms with Crippen LogP contribution in [0.15, 0.2) is 36.4 Å². The van der Waals surface area contributed by atoms with Crippen molar-refractivity contribution >= 4 is 17.3 Å². The molecule has 0 atom stereocenters. The van der Waals surface area contributed by atoms with Crippen molar-refractivity contribution in [1.29, 1.82) is 5.26 Å². The normalized spacial score (nSPS) is 9.85. The Bertz CT molecular complexity index is 723. The number of nitrogens with zero attached hydrogens (tertiary/aromatic N) is 2. The summed E-state index contributed by atoms with van der Waals surface area (Å²) in [5, 5.41) is 20.0. The molecule has 0 aliphatic heterocycles. The molecule has 2 aromatic rings. The zero-order valence-corrected chi connectivity index (χ0v) is 11.2. The second kappa shape index (κ2) is 5.59. The highest BCUT2D eigenvalue weighted by atomic mass is 35.5. The van der Waals surface area contributed by atoms with E-state index >= 15 is 0 Å². The SMILES string of the molecule is Cc1ccc(Oc2ccc(C#N)c(Cl)c2)c([N+](=O)[O-])c1. The number of benzene rings is 2. The van der Waals surface area contributed by atoms with Gasteiger partial charge in [-0.25, -0.2) is 0 Å². The number of hydrogen-bond acceptors (Lipinski definition) is 4. The molecule has 2 rings (SSSR count). The van der Waals surface area contributed by atoms with Crippen molar-refractivity contribution in [2.45, 2.75) is 6.92 Å². The topological polar surface area (TPSA) is 76.2 Å². The van der Waals surface area contributed by atoms with Gasteiger partial charge in [-0.2, -0.15) is 5.26 Å². The summed E-state index contributed by atoms with van der Waals surface area (Å²) < 4.78 is 5.47. The van der Waals surface area contributed by atoms with E-state index in [1.165, 1.54) is 30.3 Å². The van der Waals surface area contributed by atoms with Crippen molar-refractivity contribution in [3.63, 3.8) is 0 Å². The van der Waals surface area contributed by atoms with E-state index in [9.17, 15) is 10.1 Å². The van der Waals surface area contributed by atoms with E-state index in [2.05, 4.69) is 0 Å². The molecule has 0 spiro atoms. The minimum absolute atomic E-state index is 0.120. The van der Waals surface area contributed by atoms with Gasteiger partial charge in [-0.3, -0.25) is 10.1 Å². The van der Waals surface area contributed by atoms with Crippen molar-refractivity contribution < 1.29 is 9.66 Å². The van der Waals surface area contributed by atoms with Gasteiger partial charge in [0, 0.05) is 12.1 Å². The lowest BCUT2D eigenvalue weighted by molar-refractivity contribution is -0.385. The zero-order chi connectivity index (χ0) is 14.7. The molecule has 100 valence electrons.